The topological polar surface area (TPSA) is 104 Å². The quantitative estimate of drug-likeness (QED) is 0.705. The van der Waals surface area contributed by atoms with E-state index in [9.17, 15) is 14.7 Å². The number of nitrogen functional groups attached to an aromatic ring is 1. The summed E-state index contributed by atoms with van der Waals surface area (Å²) in [6, 6.07) is 0. The first-order chi connectivity index (χ1) is 9.58. The molecule has 0 spiro atoms. The molecule has 1 aliphatic rings. The molecule has 1 aromatic rings. The molecule has 1 saturated heterocycles. The van der Waals surface area contributed by atoms with Crippen molar-refractivity contribution in [2.45, 2.75) is 32.7 Å². The smallest absolute Gasteiger partial charge is 0.330 e. The Morgan fingerprint density at radius 1 is 1.45 bits per heavy atom. The number of piperidine rings is 1. The number of aromatic amines is 1. The maximum absolute atomic E-state index is 12.1. The molecule has 7 nitrogen and oxygen atoms in total. The van der Waals surface area contributed by atoms with E-state index in [0.29, 0.717) is 25.3 Å². The van der Waals surface area contributed by atoms with Crippen LogP contribution in [0.3, 0.4) is 0 Å². The highest BCUT2D eigenvalue weighted by atomic mass is 16.3. The normalized spacial score (nSPS) is 19.3. The van der Waals surface area contributed by atoms with Crippen LogP contribution in [-0.4, -0.2) is 34.4 Å². The SMILES string of the molecule is CCCn1c(N)c(N2CCCC(CO)C2)c(=O)[nH]c1=O. The van der Waals surface area contributed by atoms with Crippen LogP contribution in [0.2, 0.25) is 0 Å². The maximum atomic E-state index is 12.1. The van der Waals surface area contributed by atoms with Gasteiger partial charge in [0, 0.05) is 26.2 Å². The molecule has 1 aliphatic heterocycles. The fraction of sp³-hybridized carbons (Fsp3) is 0.692. The summed E-state index contributed by atoms with van der Waals surface area (Å²) >= 11 is 0. The van der Waals surface area contributed by atoms with E-state index in [1.165, 1.54) is 4.57 Å². The second-order valence-corrected chi connectivity index (χ2v) is 5.28. The number of nitrogens with two attached hydrogens (primary N) is 1. The average Bonchev–Trinajstić information content (AvgIpc) is 2.43. The third kappa shape index (κ3) is 2.72. The minimum absolute atomic E-state index is 0.100. The van der Waals surface area contributed by atoms with Crippen LogP contribution in [-0.2, 0) is 6.54 Å². The number of aromatic nitrogens is 2. The van der Waals surface area contributed by atoms with Crippen LogP contribution < -0.4 is 21.9 Å². The predicted octanol–water partition coefficient (Wildman–Crippen LogP) is -0.262. The number of aliphatic hydroxyl groups excluding tert-OH is 1. The zero-order valence-corrected chi connectivity index (χ0v) is 11.8. The maximum Gasteiger partial charge on any atom is 0.330 e. The Morgan fingerprint density at radius 2 is 2.20 bits per heavy atom. The summed E-state index contributed by atoms with van der Waals surface area (Å²) in [5, 5.41) is 9.28. The highest BCUT2D eigenvalue weighted by Gasteiger charge is 2.24. The zero-order valence-electron chi connectivity index (χ0n) is 11.8. The fourth-order valence-corrected chi connectivity index (χ4v) is 2.75. The summed E-state index contributed by atoms with van der Waals surface area (Å²) in [5.41, 5.74) is 5.48. The van der Waals surface area contributed by atoms with Gasteiger partial charge in [0.05, 0.1) is 0 Å². The van der Waals surface area contributed by atoms with Crippen molar-refractivity contribution in [1.82, 2.24) is 9.55 Å². The van der Waals surface area contributed by atoms with Gasteiger partial charge in [0.25, 0.3) is 5.56 Å². The van der Waals surface area contributed by atoms with Crippen LogP contribution in [0.4, 0.5) is 11.5 Å². The van der Waals surface area contributed by atoms with Gasteiger partial charge in [-0.15, -0.1) is 0 Å². The highest BCUT2D eigenvalue weighted by molar-refractivity contribution is 5.62. The summed E-state index contributed by atoms with van der Waals surface area (Å²) in [7, 11) is 0. The van der Waals surface area contributed by atoms with Crippen molar-refractivity contribution in [3.8, 4) is 0 Å². The molecule has 0 bridgehead atoms. The largest absolute Gasteiger partial charge is 0.396 e. The minimum Gasteiger partial charge on any atom is -0.396 e. The van der Waals surface area contributed by atoms with Crippen LogP contribution in [0, 0.1) is 5.92 Å². The van der Waals surface area contributed by atoms with Crippen molar-refractivity contribution in [2.24, 2.45) is 5.92 Å². The molecular weight excluding hydrogens is 260 g/mol. The first-order valence-electron chi connectivity index (χ1n) is 7.06. The molecule has 112 valence electrons. The van der Waals surface area contributed by atoms with E-state index in [1.807, 2.05) is 11.8 Å². The molecule has 1 unspecified atom stereocenters. The molecule has 0 aromatic carbocycles. The Bertz CT molecular complexity index is 578. The first-order valence-corrected chi connectivity index (χ1v) is 7.06. The average molecular weight is 282 g/mol. The van der Waals surface area contributed by atoms with Gasteiger partial charge in [0.15, 0.2) is 0 Å². The molecule has 2 heterocycles. The van der Waals surface area contributed by atoms with Crippen LogP contribution in [0.15, 0.2) is 9.59 Å². The van der Waals surface area contributed by atoms with Gasteiger partial charge in [0.1, 0.15) is 11.5 Å². The lowest BCUT2D eigenvalue weighted by molar-refractivity contribution is 0.208. The molecule has 1 aromatic heterocycles. The van der Waals surface area contributed by atoms with E-state index in [0.717, 1.165) is 19.3 Å². The number of aliphatic hydroxyl groups is 1. The predicted molar refractivity (Wildman–Crippen MR) is 78.0 cm³/mol. The number of anilines is 2. The number of hydrogen-bond donors (Lipinski definition) is 3. The van der Waals surface area contributed by atoms with Gasteiger partial charge in [-0.25, -0.2) is 4.79 Å². The van der Waals surface area contributed by atoms with E-state index in [4.69, 9.17) is 5.73 Å². The van der Waals surface area contributed by atoms with Gasteiger partial charge in [-0.05, 0) is 25.2 Å². The number of nitrogens with one attached hydrogen (secondary N) is 1. The van der Waals surface area contributed by atoms with Gasteiger partial charge in [-0.3, -0.25) is 14.3 Å². The van der Waals surface area contributed by atoms with Crippen LogP contribution >= 0.6 is 0 Å². The lowest BCUT2D eigenvalue weighted by Crippen LogP contribution is -2.43. The lowest BCUT2D eigenvalue weighted by atomic mass is 9.99. The lowest BCUT2D eigenvalue weighted by Gasteiger charge is -2.33. The van der Waals surface area contributed by atoms with Crippen molar-refractivity contribution >= 4 is 11.5 Å². The third-order valence-corrected chi connectivity index (χ3v) is 3.75. The summed E-state index contributed by atoms with van der Waals surface area (Å²) in [5.74, 6) is 0.369. The minimum atomic E-state index is -0.464. The monoisotopic (exact) mass is 282 g/mol. The van der Waals surface area contributed by atoms with Crippen molar-refractivity contribution in [1.29, 1.82) is 0 Å². The van der Waals surface area contributed by atoms with Crippen molar-refractivity contribution in [2.75, 3.05) is 30.3 Å². The van der Waals surface area contributed by atoms with Crippen LogP contribution in [0.5, 0.6) is 0 Å². The van der Waals surface area contributed by atoms with Gasteiger partial charge >= 0.3 is 5.69 Å². The molecular formula is C13H22N4O3. The highest BCUT2D eigenvalue weighted by Crippen LogP contribution is 2.23. The number of rotatable bonds is 4. The second kappa shape index (κ2) is 6.13. The summed E-state index contributed by atoms with van der Waals surface area (Å²) in [6.45, 7) is 3.83. The molecule has 1 atom stereocenters. The Hall–Kier alpha value is -1.76. The van der Waals surface area contributed by atoms with Gasteiger partial charge in [-0.1, -0.05) is 6.92 Å². The van der Waals surface area contributed by atoms with Crippen molar-refractivity contribution in [3.05, 3.63) is 20.8 Å². The van der Waals surface area contributed by atoms with Crippen LogP contribution in [0.25, 0.3) is 0 Å². The molecule has 1 fully saturated rings. The van der Waals surface area contributed by atoms with Crippen molar-refractivity contribution < 1.29 is 5.11 Å². The molecule has 7 heteroatoms. The van der Waals surface area contributed by atoms with E-state index < -0.39 is 11.2 Å². The molecule has 2 rings (SSSR count). The molecule has 0 saturated carbocycles. The Labute approximate surface area is 117 Å². The number of H-pyrrole nitrogens is 1. The molecule has 0 amide bonds. The Morgan fingerprint density at radius 3 is 2.85 bits per heavy atom. The van der Waals surface area contributed by atoms with Gasteiger partial charge in [-0.2, -0.15) is 0 Å². The van der Waals surface area contributed by atoms with E-state index in [2.05, 4.69) is 4.98 Å². The second-order valence-electron chi connectivity index (χ2n) is 5.28. The number of hydrogen-bond acceptors (Lipinski definition) is 5. The van der Waals surface area contributed by atoms with Gasteiger partial charge in [0.2, 0.25) is 0 Å². The van der Waals surface area contributed by atoms with Gasteiger partial charge < -0.3 is 15.7 Å². The fourth-order valence-electron chi connectivity index (χ4n) is 2.75. The summed E-state index contributed by atoms with van der Waals surface area (Å²) in [4.78, 5) is 28.0. The number of nitrogens with zero attached hydrogens (tertiary/aromatic N) is 2. The van der Waals surface area contributed by atoms with E-state index in [-0.39, 0.29) is 18.3 Å². The third-order valence-electron chi connectivity index (χ3n) is 3.75. The first kappa shape index (κ1) is 14.6. The molecule has 0 aliphatic carbocycles. The molecule has 4 N–H and O–H groups in total. The Balaban J connectivity index is 2.43. The summed E-state index contributed by atoms with van der Waals surface area (Å²) in [6.07, 6.45) is 2.60. The van der Waals surface area contributed by atoms with E-state index in [1.54, 1.807) is 0 Å². The standard InChI is InChI=1S/C13H22N4O3/c1-2-5-17-11(14)10(12(19)15-13(17)20)16-6-3-4-9(7-16)8-18/h9,18H,2-8,14H2,1H3,(H,15,19,20). The summed E-state index contributed by atoms with van der Waals surface area (Å²) < 4.78 is 1.40. The molecule has 20 heavy (non-hydrogen) atoms. The zero-order chi connectivity index (χ0) is 14.7. The van der Waals surface area contributed by atoms with Crippen molar-refractivity contribution in [3.63, 3.8) is 0 Å². The van der Waals surface area contributed by atoms with E-state index >= 15 is 0 Å². The Kier molecular flexibility index (Phi) is 4.49. The van der Waals surface area contributed by atoms with Crippen LogP contribution in [0.1, 0.15) is 26.2 Å². The molecule has 0 radical (unpaired) electrons.